The number of thiophene rings is 1. The lowest BCUT2D eigenvalue weighted by Crippen LogP contribution is -2.36. The van der Waals surface area contributed by atoms with Crippen molar-refractivity contribution in [1.82, 2.24) is 10.6 Å². The van der Waals surface area contributed by atoms with E-state index in [4.69, 9.17) is 0 Å². The summed E-state index contributed by atoms with van der Waals surface area (Å²) in [7, 11) is 0. The van der Waals surface area contributed by atoms with Crippen molar-refractivity contribution in [1.29, 1.82) is 0 Å². The van der Waals surface area contributed by atoms with Crippen LogP contribution in [0, 0.1) is 6.92 Å². The predicted molar refractivity (Wildman–Crippen MR) is 70.2 cm³/mol. The molecule has 0 aliphatic carbocycles. The third kappa shape index (κ3) is 5.19. The highest BCUT2D eigenvalue weighted by molar-refractivity contribution is 7.10. The van der Waals surface area contributed by atoms with Crippen LogP contribution in [0.2, 0.25) is 0 Å². The smallest absolute Gasteiger partial charge is 0.315 e. The van der Waals surface area contributed by atoms with Gasteiger partial charge in [0.05, 0.1) is 12.6 Å². The van der Waals surface area contributed by atoms with E-state index in [2.05, 4.69) is 10.6 Å². The first-order valence-corrected chi connectivity index (χ1v) is 6.74. The van der Waals surface area contributed by atoms with E-state index in [-0.39, 0.29) is 12.1 Å². The van der Waals surface area contributed by atoms with Gasteiger partial charge in [0.2, 0.25) is 0 Å². The van der Waals surface area contributed by atoms with E-state index >= 15 is 0 Å². The molecule has 0 saturated heterocycles. The number of hydrogen-bond donors (Lipinski definition) is 3. The first-order valence-electron chi connectivity index (χ1n) is 5.86. The van der Waals surface area contributed by atoms with Crippen LogP contribution in [0.15, 0.2) is 11.4 Å². The fraction of sp³-hybridized carbons (Fsp3) is 0.583. The SMILES string of the molecule is CCC(O)CCNC(=O)NCc1sccc1C. The molecular formula is C12H20N2O2S. The van der Waals surface area contributed by atoms with Crippen molar-refractivity contribution >= 4 is 17.4 Å². The minimum Gasteiger partial charge on any atom is -0.393 e. The number of amides is 2. The average Bonchev–Trinajstić information content (AvgIpc) is 2.72. The fourth-order valence-electron chi connectivity index (χ4n) is 1.36. The molecular weight excluding hydrogens is 236 g/mol. The van der Waals surface area contributed by atoms with Crippen LogP contribution in [-0.2, 0) is 6.54 Å². The molecule has 0 aliphatic heterocycles. The first-order chi connectivity index (χ1) is 8.13. The Morgan fingerprint density at radius 3 is 2.88 bits per heavy atom. The van der Waals surface area contributed by atoms with E-state index < -0.39 is 0 Å². The standard InChI is InChI=1S/C12H20N2O2S/c1-3-10(15)4-6-13-12(16)14-8-11-9(2)5-7-17-11/h5,7,10,15H,3-4,6,8H2,1-2H3,(H2,13,14,16). The number of aliphatic hydroxyl groups excluding tert-OH is 1. The minimum absolute atomic E-state index is 0.180. The number of urea groups is 1. The summed E-state index contributed by atoms with van der Waals surface area (Å²) in [4.78, 5) is 12.6. The van der Waals surface area contributed by atoms with Crippen LogP contribution in [-0.4, -0.2) is 23.8 Å². The Morgan fingerprint density at radius 1 is 1.53 bits per heavy atom. The van der Waals surface area contributed by atoms with Gasteiger partial charge in [-0.2, -0.15) is 0 Å². The van der Waals surface area contributed by atoms with Crippen LogP contribution in [0.25, 0.3) is 0 Å². The Morgan fingerprint density at radius 2 is 2.29 bits per heavy atom. The lowest BCUT2D eigenvalue weighted by Gasteiger charge is -2.09. The maximum atomic E-state index is 11.4. The number of rotatable bonds is 6. The summed E-state index contributed by atoms with van der Waals surface area (Å²) < 4.78 is 0. The van der Waals surface area contributed by atoms with Crippen molar-refractivity contribution in [3.63, 3.8) is 0 Å². The highest BCUT2D eigenvalue weighted by Gasteiger charge is 2.04. The maximum absolute atomic E-state index is 11.4. The Labute approximate surface area is 106 Å². The highest BCUT2D eigenvalue weighted by Crippen LogP contribution is 2.14. The van der Waals surface area contributed by atoms with Gasteiger partial charge in [0.25, 0.3) is 0 Å². The highest BCUT2D eigenvalue weighted by atomic mass is 32.1. The van der Waals surface area contributed by atoms with Crippen molar-refractivity contribution in [2.75, 3.05) is 6.54 Å². The predicted octanol–water partition coefficient (Wildman–Crippen LogP) is 2.02. The molecule has 1 aromatic heterocycles. The zero-order chi connectivity index (χ0) is 12.7. The van der Waals surface area contributed by atoms with E-state index in [9.17, 15) is 9.90 Å². The van der Waals surface area contributed by atoms with Gasteiger partial charge in [0.15, 0.2) is 0 Å². The number of carbonyl (C=O) groups excluding carboxylic acids is 1. The number of aliphatic hydroxyl groups is 1. The third-order valence-electron chi connectivity index (χ3n) is 2.61. The first kappa shape index (κ1) is 14.0. The third-order valence-corrected chi connectivity index (χ3v) is 3.64. The zero-order valence-electron chi connectivity index (χ0n) is 10.3. The molecule has 1 atom stereocenters. The normalized spacial score (nSPS) is 12.2. The number of aryl methyl sites for hydroxylation is 1. The summed E-state index contributed by atoms with van der Waals surface area (Å²) in [5.41, 5.74) is 1.21. The van der Waals surface area contributed by atoms with Crippen LogP contribution in [0.1, 0.15) is 30.2 Å². The van der Waals surface area contributed by atoms with Crippen LogP contribution in [0.5, 0.6) is 0 Å². The van der Waals surface area contributed by atoms with Crippen LogP contribution >= 0.6 is 11.3 Å². The molecule has 1 unspecified atom stereocenters. The van der Waals surface area contributed by atoms with Gasteiger partial charge in [0, 0.05) is 11.4 Å². The van der Waals surface area contributed by atoms with Crippen molar-refractivity contribution in [2.45, 2.75) is 39.3 Å². The Bertz CT molecular complexity index is 352. The van der Waals surface area contributed by atoms with Crippen molar-refractivity contribution in [3.05, 3.63) is 21.9 Å². The molecule has 2 amide bonds. The molecule has 17 heavy (non-hydrogen) atoms. The summed E-state index contributed by atoms with van der Waals surface area (Å²) in [6.45, 7) is 5.02. The van der Waals surface area contributed by atoms with Gasteiger partial charge in [-0.05, 0) is 36.8 Å². The molecule has 0 fully saturated rings. The summed E-state index contributed by atoms with van der Waals surface area (Å²) >= 11 is 1.64. The zero-order valence-corrected chi connectivity index (χ0v) is 11.1. The molecule has 0 aromatic carbocycles. The van der Waals surface area contributed by atoms with Gasteiger partial charge in [-0.25, -0.2) is 4.79 Å². The second-order valence-electron chi connectivity index (χ2n) is 3.99. The van der Waals surface area contributed by atoms with Crippen LogP contribution in [0.4, 0.5) is 4.79 Å². The van der Waals surface area contributed by atoms with E-state index in [0.717, 1.165) is 6.42 Å². The molecule has 0 spiro atoms. The summed E-state index contributed by atoms with van der Waals surface area (Å²) in [6.07, 6.45) is 0.995. The molecule has 0 bridgehead atoms. The largest absolute Gasteiger partial charge is 0.393 e. The van der Waals surface area contributed by atoms with E-state index in [0.29, 0.717) is 19.5 Å². The van der Waals surface area contributed by atoms with E-state index in [1.807, 2.05) is 25.3 Å². The molecule has 0 aliphatic rings. The topological polar surface area (TPSA) is 61.4 Å². The molecule has 4 nitrogen and oxygen atoms in total. The van der Waals surface area contributed by atoms with Gasteiger partial charge in [-0.15, -0.1) is 11.3 Å². The summed E-state index contributed by atoms with van der Waals surface area (Å²) in [6, 6.07) is 1.86. The monoisotopic (exact) mass is 256 g/mol. The van der Waals surface area contributed by atoms with Crippen molar-refractivity contribution in [3.8, 4) is 0 Å². The lowest BCUT2D eigenvalue weighted by molar-refractivity contribution is 0.160. The molecule has 0 saturated carbocycles. The van der Waals surface area contributed by atoms with Crippen molar-refractivity contribution in [2.24, 2.45) is 0 Å². The Kier molecular flexibility index (Phi) is 6.00. The fourth-order valence-corrected chi connectivity index (χ4v) is 2.21. The van der Waals surface area contributed by atoms with Crippen LogP contribution in [0.3, 0.4) is 0 Å². The van der Waals surface area contributed by atoms with Gasteiger partial charge in [0.1, 0.15) is 0 Å². The minimum atomic E-state index is -0.324. The van der Waals surface area contributed by atoms with Gasteiger partial charge >= 0.3 is 6.03 Å². The molecule has 5 heteroatoms. The summed E-state index contributed by atoms with van der Waals surface area (Å²) in [5, 5.41) is 16.9. The molecule has 1 heterocycles. The van der Waals surface area contributed by atoms with Crippen LogP contribution < -0.4 is 10.6 Å². The second-order valence-corrected chi connectivity index (χ2v) is 4.99. The second kappa shape index (κ2) is 7.29. The van der Waals surface area contributed by atoms with Gasteiger partial charge in [-0.3, -0.25) is 0 Å². The average molecular weight is 256 g/mol. The quantitative estimate of drug-likeness (QED) is 0.729. The summed E-state index contributed by atoms with van der Waals surface area (Å²) in [5.74, 6) is 0. The van der Waals surface area contributed by atoms with E-state index in [1.54, 1.807) is 11.3 Å². The lowest BCUT2D eigenvalue weighted by atomic mass is 10.2. The number of hydrogen-bond acceptors (Lipinski definition) is 3. The molecule has 96 valence electrons. The van der Waals surface area contributed by atoms with Gasteiger partial charge < -0.3 is 15.7 Å². The molecule has 3 N–H and O–H groups in total. The van der Waals surface area contributed by atoms with E-state index in [1.165, 1.54) is 10.4 Å². The molecule has 1 rings (SSSR count). The molecule has 1 aromatic rings. The van der Waals surface area contributed by atoms with Crippen molar-refractivity contribution < 1.29 is 9.90 Å². The maximum Gasteiger partial charge on any atom is 0.315 e. The number of carbonyl (C=O) groups is 1. The Hall–Kier alpha value is -1.07. The van der Waals surface area contributed by atoms with Gasteiger partial charge in [-0.1, -0.05) is 6.92 Å². The Balaban J connectivity index is 2.16. The molecule has 0 radical (unpaired) electrons. The number of nitrogens with one attached hydrogen (secondary N) is 2.